The summed E-state index contributed by atoms with van der Waals surface area (Å²) in [5.41, 5.74) is 0. The molecule has 0 spiro atoms. The maximum atomic E-state index is 9.53. The van der Waals surface area contributed by atoms with Crippen LogP contribution in [0.15, 0.2) is 0 Å². The van der Waals surface area contributed by atoms with E-state index in [1.807, 2.05) is 0 Å². The van der Waals surface area contributed by atoms with E-state index in [1.165, 1.54) is 0 Å². The second-order valence-corrected chi connectivity index (χ2v) is 4.68. The Morgan fingerprint density at radius 2 is 1.00 bits per heavy atom. The van der Waals surface area contributed by atoms with Gasteiger partial charge >= 0.3 is 105 Å². The molecule has 0 saturated heterocycles. The Bertz CT molecular complexity index is 238. The number of hydrogen-bond donors (Lipinski definition) is 2. The fourth-order valence-electron chi connectivity index (χ4n) is 0.109. The molecule has 0 heterocycles. The van der Waals surface area contributed by atoms with Crippen LogP contribution in [0.5, 0.6) is 0 Å². The van der Waals surface area contributed by atoms with E-state index in [4.69, 9.17) is 8.32 Å². The summed E-state index contributed by atoms with van der Waals surface area (Å²) in [6.45, 7) is 0. The van der Waals surface area contributed by atoms with Crippen molar-refractivity contribution in [1.82, 2.24) is 0 Å². The zero-order valence-corrected chi connectivity index (χ0v) is 7.30. The predicted molar refractivity (Wildman–Crippen MR) is 22.6 cm³/mol. The molecule has 0 fully saturated rings. The van der Waals surface area contributed by atoms with Gasteiger partial charge in [0.2, 0.25) is 0 Å². The van der Waals surface area contributed by atoms with E-state index in [-0.39, 0.29) is 62.3 Å². The van der Waals surface area contributed by atoms with Gasteiger partial charge in [-0.05, 0) is 0 Å². The van der Waals surface area contributed by atoms with Crippen LogP contribution in [0.4, 0.5) is 0 Å². The number of rotatable bonds is 2. The number of hydrogen-bond acceptors (Lipinski definition) is 5. The van der Waals surface area contributed by atoms with Crippen LogP contribution >= 0.6 is 0 Å². The van der Waals surface area contributed by atoms with E-state index in [1.54, 1.807) is 0 Å². The average Bonchev–Trinajstić information content (AvgIpc) is 1.14. The van der Waals surface area contributed by atoms with Crippen LogP contribution in [0.2, 0.25) is 0 Å². The topological polar surface area (TPSA) is 181 Å². The van der Waals surface area contributed by atoms with Gasteiger partial charge < -0.3 is 11.0 Å². The van der Waals surface area contributed by atoms with Crippen LogP contribution in [0.3, 0.4) is 0 Å². The second-order valence-electron chi connectivity index (χ2n) is 0.924. The van der Waals surface area contributed by atoms with Crippen LogP contribution in [-0.2, 0) is 45.3 Å². The zero-order chi connectivity index (χ0) is 7.71. The molecule has 12 heavy (non-hydrogen) atoms. The van der Waals surface area contributed by atoms with Gasteiger partial charge in [-0.1, -0.05) is 0 Å². The van der Waals surface area contributed by atoms with Gasteiger partial charge in [-0.15, -0.1) is 0 Å². The molecule has 0 atom stereocenters. The van der Waals surface area contributed by atoms with Crippen LogP contribution in [0.1, 0.15) is 0 Å². The van der Waals surface area contributed by atoms with Gasteiger partial charge in [0.25, 0.3) is 0 Å². The molecule has 74 valence electrons. The summed E-state index contributed by atoms with van der Waals surface area (Å²) in [7, 11) is 0. The third-order valence-electron chi connectivity index (χ3n) is 0.172. The first-order valence-electron chi connectivity index (χ1n) is 1.37. The molecule has 6 N–H and O–H groups in total. The monoisotopic (exact) mass is 294 g/mol. The minimum absolute atomic E-state index is 0. The molecule has 0 saturated carbocycles. The van der Waals surface area contributed by atoms with Crippen LogP contribution < -0.4 is 0 Å². The van der Waals surface area contributed by atoms with Gasteiger partial charge in [0.1, 0.15) is 0 Å². The first-order chi connectivity index (χ1) is 3.71. The standard InChI is InChI=1S/2Cr.K.4H2O.5O.H/h;;;4*1H2;;;;;;/q2*+1;;;;;;;;;;;/p-2. The first-order valence-corrected chi connectivity index (χ1v) is 5.63. The average molecular weight is 294 g/mol. The van der Waals surface area contributed by atoms with Gasteiger partial charge in [-0.3, -0.25) is 0 Å². The normalized spacial score (nSPS) is 10.2. The van der Waals surface area contributed by atoms with E-state index in [9.17, 15) is 15.2 Å². The Morgan fingerprint density at radius 1 is 0.833 bits per heavy atom. The van der Waals surface area contributed by atoms with Gasteiger partial charge in [0, 0.05) is 0 Å². The molecular formula is H7Cr2KO9. The Morgan fingerprint density at radius 3 is 1.00 bits per heavy atom. The molecule has 0 aromatic carbocycles. The van der Waals surface area contributed by atoms with Crippen molar-refractivity contribution in [3.05, 3.63) is 0 Å². The van der Waals surface area contributed by atoms with Gasteiger partial charge in [-0.25, -0.2) is 0 Å². The molecular weight excluding hydrogens is 287 g/mol. The van der Waals surface area contributed by atoms with Crippen LogP contribution in [-0.4, -0.2) is 70.7 Å². The van der Waals surface area contributed by atoms with E-state index < -0.39 is 27.2 Å². The third-order valence-corrected chi connectivity index (χ3v) is 2.92. The molecule has 0 aliphatic heterocycles. The van der Waals surface area contributed by atoms with Crippen molar-refractivity contribution in [3.63, 3.8) is 0 Å². The Labute approximate surface area is 114 Å². The zero-order valence-electron chi connectivity index (χ0n) is 4.75. The van der Waals surface area contributed by atoms with E-state index in [0.29, 0.717) is 0 Å². The van der Waals surface area contributed by atoms with E-state index >= 15 is 0 Å². The fourth-order valence-corrected chi connectivity index (χ4v) is 1.85. The summed E-state index contributed by atoms with van der Waals surface area (Å²) in [5.74, 6) is 0. The van der Waals surface area contributed by atoms with Crippen molar-refractivity contribution in [2.75, 3.05) is 0 Å². The van der Waals surface area contributed by atoms with E-state index in [0.717, 1.165) is 0 Å². The Kier molecular flexibility index (Phi) is 15.7. The molecule has 0 aromatic rings. The molecule has 0 radical (unpaired) electrons. The van der Waals surface area contributed by atoms with Crippen molar-refractivity contribution in [1.29, 1.82) is 0 Å². The second kappa shape index (κ2) is 8.05. The van der Waals surface area contributed by atoms with Crippen molar-refractivity contribution in [2.24, 2.45) is 0 Å². The predicted octanol–water partition coefficient (Wildman–Crippen LogP) is -3.96. The summed E-state index contributed by atoms with van der Waals surface area (Å²) in [5, 5.41) is 0. The first kappa shape index (κ1) is 23.5. The summed E-state index contributed by atoms with van der Waals surface area (Å²) < 4.78 is 56.3. The quantitative estimate of drug-likeness (QED) is 0.487. The molecule has 9 nitrogen and oxygen atoms in total. The van der Waals surface area contributed by atoms with E-state index in [2.05, 4.69) is 2.84 Å². The van der Waals surface area contributed by atoms with Crippen molar-refractivity contribution in [3.8, 4) is 0 Å². The molecule has 0 bridgehead atoms. The van der Waals surface area contributed by atoms with Gasteiger partial charge in [0.15, 0.2) is 0 Å². The summed E-state index contributed by atoms with van der Waals surface area (Å²) in [6, 6.07) is 0. The van der Waals surface area contributed by atoms with Gasteiger partial charge in [-0.2, -0.15) is 0 Å². The van der Waals surface area contributed by atoms with Gasteiger partial charge in [0.05, 0.1) is 0 Å². The molecule has 0 amide bonds. The maximum absolute atomic E-state index is 9.53. The molecule has 0 aliphatic rings. The Balaban J connectivity index is -0.000000107. The molecule has 0 aromatic heterocycles. The van der Waals surface area contributed by atoms with Crippen molar-refractivity contribution >= 4 is 51.4 Å². The minimum atomic E-state index is -5.76. The van der Waals surface area contributed by atoms with Crippen LogP contribution in [0.25, 0.3) is 0 Å². The Hall–Kier alpha value is 1.70. The van der Waals surface area contributed by atoms with Crippen LogP contribution in [0, 0.1) is 0 Å². The summed E-state index contributed by atoms with van der Waals surface area (Å²) in [4.78, 5) is 0. The third kappa shape index (κ3) is 22.6. The SMILES string of the molecule is O.O.[KH].[O]=[Cr](=[O])([OH])[O][Cr](=[O])(=[O])[OH]. The fraction of sp³-hybridized carbons (Fsp3) is 0. The summed E-state index contributed by atoms with van der Waals surface area (Å²) in [6.07, 6.45) is 0. The molecule has 0 unspecified atom stereocenters. The van der Waals surface area contributed by atoms with Crippen molar-refractivity contribution in [2.45, 2.75) is 0 Å². The molecule has 12 heteroatoms. The van der Waals surface area contributed by atoms with Crippen molar-refractivity contribution < 1.29 is 64.5 Å². The molecule has 0 rings (SSSR count). The molecule has 0 aliphatic carbocycles. The summed E-state index contributed by atoms with van der Waals surface area (Å²) >= 11 is -11.5.